The molecule has 0 saturated heterocycles. The van der Waals surface area contributed by atoms with Gasteiger partial charge in [-0.2, -0.15) is 0 Å². The molecule has 2 atom stereocenters. The molecule has 1 N–H and O–H groups in total. The normalized spacial score (nSPS) is 15.7. The minimum atomic E-state index is 0.610. The van der Waals surface area contributed by atoms with Gasteiger partial charge in [-0.3, -0.25) is 4.90 Å². The van der Waals surface area contributed by atoms with E-state index in [0.717, 1.165) is 19.0 Å². The lowest BCUT2D eigenvalue weighted by Gasteiger charge is -2.33. The summed E-state index contributed by atoms with van der Waals surface area (Å²) in [4.78, 5) is 4.91. The summed E-state index contributed by atoms with van der Waals surface area (Å²) in [5.41, 5.74) is 0. The van der Waals surface area contributed by atoms with Gasteiger partial charge in [-0.05, 0) is 46.8 Å². The lowest BCUT2D eigenvalue weighted by Crippen LogP contribution is -2.43. The van der Waals surface area contributed by atoms with Gasteiger partial charge in [0.05, 0.1) is 0 Å². The molecule has 0 aromatic rings. The highest BCUT2D eigenvalue weighted by molar-refractivity contribution is 4.74. The zero-order valence-electron chi connectivity index (χ0n) is 13.7. The minimum Gasteiger partial charge on any atom is -0.314 e. The number of nitrogens with zero attached hydrogens (tertiary/aromatic N) is 2. The average molecular weight is 257 g/mol. The summed E-state index contributed by atoms with van der Waals surface area (Å²) < 4.78 is 0. The Bertz CT molecular complexity index is 192. The van der Waals surface area contributed by atoms with Crippen molar-refractivity contribution in [3.63, 3.8) is 0 Å². The van der Waals surface area contributed by atoms with Crippen molar-refractivity contribution in [2.75, 3.05) is 40.3 Å². The van der Waals surface area contributed by atoms with Crippen LogP contribution in [0.2, 0.25) is 0 Å². The van der Waals surface area contributed by atoms with Gasteiger partial charge >= 0.3 is 0 Å². The number of rotatable bonds is 10. The first-order valence-electron chi connectivity index (χ1n) is 7.48. The maximum atomic E-state index is 3.51. The van der Waals surface area contributed by atoms with E-state index in [2.05, 4.69) is 63.8 Å². The second-order valence-electron chi connectivity index (χ2n) is 6.24. The highest BCUT2D eigenvalue weighted by Gasteiger charge is 2.17. The molecule has 0 aliphatic rings. The first-order valence-corrected chi connectivity index (χ1v) is 7.48. The van der Waals surface area contributed by atoms with E-state index < -0.39 is 0 Å². The average Bonchev–Trinajstić information content (AvgIpc) is 2.23. The molecule has 2 unspecified atom stereocenters. The van der Waals surface area contributed by atoms with Gasteiger partial charge in [0.25, 0.3) is 0 Å². The second kappa shape index (κ2) is 9.76. The number of nitrogens with one attached hydrogen (secondary N) is 1. The maximum absolute atomic E-state index is 3.51. The Kier molecular flexibility index (Phi) is 9.70. The van der Waals surface area contributed by atoms with E-state index in [1.54, 1.807) is 0 Å². The third-order valence-corrected chi connectivity index (χ3v) is 3.30. The van der Waals surface area contributed by atoms with Crippen molar-refractivity contribution in [3.8, 4) is 0 Å². The Hall–Kier alpha value is -0.120. The summed E-state index contributed by atoms with van der Waals surface area (Å²) in [6, 6.07) is 1.26. The molecule has 0 fully saturated rings. The van der Waals surface area contributed by atoms with E-state index in [-0.39, 0.29) is 0 Å². The van der Waals surface area contributed by atoms with Crippen molar-refractivity contribution in [2.45, 2.75) is 53.1 Å². The van der Waals surface area contributed by atoms with Gasteiger partial charge in [0.2, 0.25) is 0 Å². The Morgan fingerprint density at radius 2 is 1.61 bits per heavy atom. The van der Waals surface area contributed by atoms with Crippen LogP contribution in [0.15, 0.2) is 0 Å². The van der Waals surface area contributed by atoms with Crippen LogP contribution in [0.4, 0.5) is 0 Å². The minimum absolute atomic E-state index is 0.610. The molecular formula is C15H35N3. The molecule has 3 heteroatoms. The van der Waals surface area contributed by atoms with E-state index >= 15 is 0 Å². The van der Waals surface area contributed by atoms with E-state index in [4.69, 9.17) is 0 Å². The molecule has 0 radical (unpaired) electrons. The summed E-state index contributed by atoms with van der Waals surface area (Å²) in [7, 11) is 4.30. The van der Waals surface area contributed by atoms with E-state index in [1.165, 1.54) is 19.5 Å². The van der Waals surface area contributed by atoms with Crippen LogP contribution >= 0.6 is 0 Å². The fraction of sp³-hybridized carbons (Fsp3) is 1.00. The first kappa shape index (κ1) is 17.9. The van der Waals surface area contributed by atoms with Crippen LogP contribution < -0.4 is 5.32 Å². The fourth-order valence-corrected chi connectivity index (χ4v) is 2.38. The van der Waals surface area contributed by atoms with Crippen molar-refractivity contribution in [1.82, 2.24) is 15.1 Å². The molecule has 0 aliphatic carbocycles. The predicted octanol–water partition coefficient (Wildman–Crippen LogP) is 2.28. The largest absolute Gasteiger partial charge is 0.314 e. The molecule has 0 saturated carbocycles. The van der Waals surface area contributed by atoms with Gasteiger partial charge in [-0.1, -0.05) is 20.8 Å². The van der Waals surface area contributed by atoms with Crippen molar-refractivity contribution in [1.29, 1.82) is 0 Å². The van der Waals surface area contributed by atoms with E-state index in [1.807, 2.05) is 0 Å². The quantitative estimate of drug-likeness (QED) is 0.648. The van der Waals surface area contributed by atoms with Crippen molar-refractivity contribution in [2.24, 2.45) is 5.92 Å². The van der Waals surface area contributed by atoms with Gasteiger partial charge < -0.3 is 10.2 Å². The van der Waals surface area contributed by atoms with Crippen molar-refractivity contribution < 1.29 is 0 Å². The second-order valence-corrected chi connectivity index (χ2v) is 6.24. The number of hydrogen-bond donors (Lipinski definition) is 1. The molecule has 0 spiro atoms. The van der Waals surface area contributed by atoms with Crippen molar-refractivity contribution in [3.05, 3.63) is 0 Å². The Morgan fingerprint density at radius 1 is 1.00 bits per heavy atom. The van der Waals surface area contributed by atoms with Crippen LogP contribution in [0.25, 0.3) is 0 Å². The molecule has 3 nitrogen and oxygen atoms in total. The summed E-state index contributed by atoms with van der Waals surface area (Å²) in [5.74, 6) is 0.740. The molecule has 0 amide bonds. The van der Waals surface area contributed by atoms with Crippen LogP contribution in [0.1, 0.15) is 41.0 Å². The summed E-state index contributed by atoms with van der Waals surface area (Å²) >= 11 is 0. The molecule has 0 bridgehead atoms. The van der Waals surface area contributed by atoms with Gasteiger partial charge in [0, 0.05) is 31.7 Å². The lowest BCUT2D eigenvalue weighted by molar-refractivity contribution is 0.155. The molecular weight excluding hydrogens is 222 g/mol. The van der Waals surface area contributed by atoms with Gasteiger partial charge in [0.1, 0.15) is 0 Å². The Balaban J connectivity index is 4.24. The van der Waals surface area contributed by atoms with Crippen LogP contribution in [-0.4, -0.2) is 62.2 Å². The molecule has 0 rings (SSSR count). The predicted molar refractivity (Wildman–Crippen MR) is 82.2 cm³/mol. The third-order valence-electron chi connectivity index (χ3n) is 3.30. The van der Waals surface area contributed by atoms with Gasteiger partial charge in [0.15, 0.2) is 0 Å². The van der Waals surface area contributed by atoms with Gasteiger partial charge in [-0.25, -0.2) is 0 Å². The topological polar surface area (TPSA) is 18.5 Å². The fourth-order valence-electron chi connectivity index (χ4n) is 2.38. The first-order chi connectivity index (χ1) is 8.36. The molecule has 110 valence electrons. The van der Waals surface area contributed by atoms with Gasteiger partial charge in [-0.15, -0.1) is 0 Å². The summed E-state index contributed by atoms with van der Waals surface area (Å²) in [5, 5.41) is 3.51. The standard InChI is InChI=1S/C15H35N3/c1-8-16-14(4)11-15(5)18(12-13(2)3)10-9-17(6)7/h13-16H,8-12H2,1-7H3. The molecule has 0 heterocycles. The highest BCUT2D eigenvalue weighted by atomic mass is 15.2. The SMILES string of the molecule is CCNC(C)CC(C)N(CCN(C)C)CC(C)C. The molecule has 18 heavy (non-hydrogen) atoms. The Labute approximate surface area is 115 Å². The zero-order chi connectivity index (χ0) is 14.1. The highest BCUT2D eigenvalue weighted by Crippen LogP contribution is 2.10. The van der Waals surface area contributed by atoms with Crippen molar-refractivity contribution >= 4 is 0 Å². The molecule has 0 aromatic carbocycles. The smallest absolute Gasteiger partial charge is 0.0112 e. The van der Waals surface area contributed by atoms with Crippen LogP contribution in [0, 0.1) is 5.92 Å². The molecule has 0 aromatic heterocycles. The summed E-state index contributed by atoms with van der Waals surface area (Å²) in [6.07, 6.45) is 1.23. The zero-order valence-corrected chi connectivity index (χ0v) is 13.7. The number of likely N-dealkylation sites (N-methyl/N-ethyl adjacent to an activating group) is 1. The van der Waals surface area contributed by atoms with Crippen LogP contribution in [0.3, 0.4) is 0 Å². The van der Waals surface area contributed by atoms with Crippen LogP contribution in [-0.2, 0) is 0 Å². The maximum Gasteiger partial charge on any atom is 0.0112 e. The summed E-state index contributed by atoms with van der Waals surface area (Å²) in [6.45, 7) is 16.0. The molecule has 0 aliphatic heterocycles. The third kappa shape index (κ3) is 8.90. The lowest BCUT2D eigenvalue weighted by atomic mass is 10.1. The van der Waals surface area contributed by atoms with Crippen LogP contribution in [0.5, 0.6) is 0 Å². The Morgan fingerprint density at radius 3 is 2.06 bits per heavy atom. The monoisotopic (exact) mass is 257 g/mol. The number of hydrogen-bond acceptors (Lipinski definition) is 3. The van der Waals surface area contributed by atoms with E-state index in [0.29, 0.717) is 12.1 Å². The van der Waals surface area contributed by atoms with E-state index in [9.17, 15) is 0 Å².